The first-order chi connectivity index (χ1) is 8.25. The highest BCUT2D eigenvalue weighted by Crippen LogP contribution is 2.40. The van der Waals surface area contributed by atoms with Gasteiger partial charge in [-0.2, -0.15) is 0 Å². The Morgan fingerprint density at radius 2 is 1.94 bits per heavy atom. The normalized spacial score (nSPS) is 27.2. The van der Waals surface area contributed by atoms with E-state index in [-0.39, 0.29) is 5.92 Å². The van der Waals surface area contributed by atoms with Crippen LogP contribution in [0.15, 0.2) is 18.2 Å². The fourth-order valence-corrected chi connectivity index (χ4v) is 2.75. The number of ketones is 1. The summed E-state index contributed by atoms with van der Waals surface area (Å²) >= 11 is 0. The first-order valence-electron chi connectivity index (χ1n) is 6.18. The van der Waals surface area contributed by atoms with Crippen molar-refractivity contribution in [2.75, 3.05) is 13.2 Å². The number of benzene rings is 1. The van der Waals surface area contributed by atoms with Crippen molar-refractivity contribution in [3.05, 3.63) is 23.8 Å². The number of fused-ring (bicyclic) bond motifs is 1. The van der Waals surface area contributed by atoms with Crippen LogP contribution in [0.25, 0.3) is 0 Å². The molecule has 1 aliphatic heterocycles. The largest absolute Gasteiger partial charge is 0.486 e. The third kappa shape index (κ3) is 1.79. The summed E-state index contributed by atoms with van der Waals surface area (Å²) < 4.78 is 11.1. The number of carbonyl (C=O) groups is 1. The quantitative estimate of drug-likeness (QED) is 0.746. The molecule has 1 aliphatic carbocycles. The minimum atomic E-state index is 0.137. The summed E-state index contributed by atoms with van der Waals surface area (Å²) in [5.74, 6) is 2.50. The molecule has 0 aromatic heterocycles. The molecular formula is C14H16O3. The zero-order chi connectivity index (χ0) is 11.8. The van der Waals surface area contributed by atoms with Crippen LogP contribution in [-0.2, 0) is 4.79 Å². The molecule has 0 radical (unpaired) electrons. The number of hydrogen-bond acceptors (Lipinski definition) is 3. The molecule has 1 aromatic carbocycles. The molecule has 1 saturated carbocycles. The minimum absolute atomic E-state index is 0.137. The molecule has 0 N–H and O–H groups in total. The molecule has 3 rings (SSSR count). The Balaban J connectivity index is 1.91. The van der Waals surface area contributed by atoms with Crippen molar-refractivity contribution in [3.8, 4) is 11.5 Å². The molecule has 1 fully saturated rings. The van der Waals surface area contributed by atoms with E-state index in [1.165, 1.54) is 5.56 Å². The molecule has 2 aliphatic rings. The predicted octanol–water partition coefficient (Wildman–Crippen LogP) is 2.54. The van der Waals surface area contributed by atoms with Crippen LogP contribution in [0.4, 0.5) is 0 Å². The van der Waals surface area contributed by atoms with Crippen LogP contribution in [0.3, 0.4) is 0 Å². The molecule has 1 aromatic rings. The average molecular weight is 232 g/mol. The highest BCUT2D eigenvalue weighted by molar-refractivity contribution is 5.84. The van der Waals surface area contributed by atoms with Crippen LogP contribution in [-0.4, -0.2) is 19.0 Å². The Kier molecular flexibility index (Phi) is 2.54. The molecule has 0 spiro atoms. The van der Waals surface area contributed by atoms with Gasteiger partial charge in [-0.05, 0) is 30.0 Å². The Bertz CT molecular complexity index is 453. The van der Waals surface area contributed by atoms with Crippen LogP contribution in [0.2, 0.25) is 0 Å². The third-order valence-electron chi connectivity index (χ3n) is 3.81. The summed E-state index contributed by atoms with van der Waals surface area (Å²) in [6.45, 7) is 3.25. The zero-order valence-electron chi connectivity index (χ0n) is 9.94. The van der Waals surface area contributed by atoms with Gasteiger partial charge in [0, 0.05) is 12.3 Å². The standard InChI is InChI=1S/C14H16O3/c1-9-11(3-4-12(9)15)10-2-5-13-14(8-10)17-7-6-16-13/h2,5,8-9,11H,3-4,6-7H2,1H3. The summed E-state index contributed by atoms with van der Waals surface area (Å²) in [5, 5.41) is 0. The first kappa shape index (κ1) is 10.6. The Hall–Kier alpha value is -1.51. The zero-order valence-corrected chi connectivity index (χ0v) is 9.94. The van der Waals surface area contributed by atoms with E-state index in [1.54, 1.807) is 0 Å². The van der Waals surface area contributed by atoms with Crippen LogP contribution in [0, 0.1) is 5.92 Å². The third-order valence-corrected chi connectivity index (χ3v) is 3.81. The highest BCUT2D eigenvalue weighted by Gasteiger charge is 2.32. The highest BCUT2D eigenvalue weighted by atomic mass is 16.6. The van der Waals surface area contributed by atoms with Gasteiger partial charge in [-0.1, -0.05) is 13.0 Å². The Morgan fingerprint density at radius 1 is 1.18 bits per heavy atom. The van der Waals surface area contributed by atoms with Crippen molar-refractivity contribution < 1.29 is 14.3 Å². The molecule has 2 unspecified atom stereocenters. The van der Waals surface area contributed by atoms with E-state index in [9.17, 15) is 4.79 Å². The van der Waals surface area contributed by atoms with E-state index in [0.717, 1.165) is 17.9 Å². The van der Waals surface area contributed by atoms with Crippen LogP contribution >= 0.6 is 0 Å². The number of rotatable bonds is 1. The van der Waals surface area contributed by atoms with Crippen molar-refractivity contribution in [2.24, 2.45) is 5.92 Å². The number of Topliss-reactive ketones (excluding diaryl/α,β-unsaturated/α-hetero) is 1. The van der Waals surface area contributed by atoms with Crippen LogP contribution < -0.4 is 9.47 Å². The lowest BCUT2D eigenvalue weighted by atomic mass is 9.90. The van der Waals surface area contributed by atoms with Gasteiger partial charge in [-0.25, -0.2) is 0 Å². The van der Waals surface area contributed by atoms with E-state index in [4.69, 9.17) is 9.47 Å². The molecule has 0 saturated heterocycles. The van der Waals surface area contributed by atoms with Gasteiger partial charge < -0.3 is 9.47 Å². The van der Waals surface area contributed by atoms with Crippen LogP contribution in [0.1, 0.15) is 31.2 Å². The van der Waals surface area contributed by atoms with E-state index < -0.39 is 0 Å². The van der Waals surface area contributed by atoms with Crippen molar-refractivity contribution in [3.63, 3.8) is 0 Å². The molecule has 0 amide bonds. The van der Waals surface area contributed by atoms with E-state index in [1.807, 2.05) is 19.1 Å². The van der Waals surface area contributed by atoms with Crippen molar-refractivity contribution >= 4 is 5.78 Å². The lowest BCUT2D eigenvalue weighted by molar-refractivity contribution is -0.120. The lowest BCUT2D eigenvalue weighted by Crippen LogP contribution is -2.16. The number of hydrogen-bond donors (Lipinski definition) is 0. The molecule has 90 valence electrons. The molecule has 3 heteroatoms. The summed E-state index contributed by atoms with van der Waals surface area (Å²) in [6, 6.07) is 6.06. The van der Waals surface area contributed by atoms with Gasteiger partial charge in [0.1, 0.15) is 19.0 Å². The molecule has 17 heavy (non-hydrogen) atoms. The van der Waals surface area contributed by atoms with E-state index in [0.29, 0.717) is 31.3 Å². The maximum absolute atomic E-state index is 11.6. The van der Waals surface area contributed by atoms with Gasteiger partial charge in [0.15, 0.2) is 11.5 Å². The second kappa shape index (κ2) is 4.06. The van der Waals surface area contributed by atoms with Gasteiger partial charge in [-0.15, -0.1) is 0 Å². The minimum Gasteiger partial charge on any atom is -0.486 e. The second-order valence-corrected chi connectivity index (χ2v) is 4.80. The predicted molar refractivity (Wildman–Crippen MR) is 63.6 cm³/mol. The lowest BCUT2D eigenvalue weighted by Gasteiger charge is -2.21. The van der Waals surface area contributed by atoms with Crippen molar-refractivity contribution in [2.45, 2.75) is 25.7 Å². The fourth-order valence-electron chi connectivity index (χ4n) is 2.75. The summed E-state index contributed by atoms with van der Waals surface area (Å²) in [4.78, 5) is 11.6. The van der Waals surface area contributed by atoms with Gasteiger partial charge in [0.2, 0.25) is 0 Å². The van der Waals surface area contributed by atoms with Gasteiger partial charge >= 0.3 is 0 Å². The van der Waals surface area contributed by atoms with Gasteiger partial charge in [0.05, 0.1) is 0 Å². The maximum atomic E-state index is 11.6. The molecular weight excluding hydrogens is 216 g/mol. The fraction of sp³-hybridized carbons (Fsp3) is 0.500. The topological polar surface area (TPSA) is 35.5 Å². The molecule has 2 atom stereocenters. The van der Waals surface area contributed by atoms with E-state index in [2.05, 4.69) is 6.07 Å². The van der Waals surface area contributed by atoms with Crippen molar-refractivity contribution in [1.82, 2.24) is 0 Å². The summed E-state index contributed by atoms with van der Waals surface area (Å²) in [5.41, 5.74) is 1.20. The van der Waals surface area contributed by atoms with E-state index >= 15 is 0 Å². The van der Waals surface area contributed by atoms with Gasteiger partial charge in [0.25, 0.3) is 0 Å². The maximum Gasteiger partial charge on any atom is 0.161 e. The second-order valence-electron chi connectivity index (χ2n) is 4.80. The van der Waals surface area contributed by atoms with Crippen LogP contribution in [0.5, 0.6) is 11.5 Å². The molecule has 3 nitrogen and oxygen atoms in total. The van der Waals surface area contributed by atoms with Gasteiger partial charge in [-0.3, -0.25) is 4.79 Å². The summed E-state index contributed by atoms with van der Waals surface area (Å²) in [6.07, 6.45) is 1.67. The molecule has 0 bridgehead atoms. The van der Waals surface area contributed by atoms with Crippen molar-refractivity contribution in [1.29, 1.82) is 0 Å². The smallest absolute Gasteiger partial charge is 0.161 e. The average Bonchev–Trinajstić information content (AvgIpc) is 2.70. The first-order valence-corrected chi connectivity index (χ1v) is 6.18. The monoisotopic (exact) mass is 232 g/mol. The SMILES string of the molecule is CC1C(=O)CCC1c1ccc2c(c1)OCCO2. The Morgan fingerprint density at radius 3 is 2.65 bits per heavy atom. The summed E-state index contributed by atoms with van der Waals surface area (Å²) in [7, 11) is 0. The number of ether oxygens (including phenoxy) is 2. The molecule has 1 heterocycles. The number of carbonyl (C=O) groups excluding carboxylic acids is 1. The Labute approximate surface area is 101 Å².